The molecule has 0 aliphatic carbocycles. The maximum absolute atomic E-state index is 12.9. The van der Waals surface area contributed by atoms with Gasteiger partial charge >= 0.3 is 0 Å². The maximum atomic E-state index is 12.9. The molecule has 26 heavy (non-hydrogen) atoms. The number of carbonyl (C=O) groups excluding carboxylic acids is 1. The summed E-state index contributed by atoms with van der Waals surface area (Å²) in [5.74, 6) is 0.790. The molecular formula is C20H18Cl2N2O2. The van der Waals surface area contributed by atoms with Crippen molar-refractivity contribution >= 4 is 40.9 Å². The lowest BCUT2D eigenvalue weighted by Crippen LogP contribution is -2.49. The molecule has 1 fully saturated rings. The fraction of sp³-hybridized carbons (Fsp3) is 0.250. The van der Waals surface area contributed by atoms with Gasteiger partial charge in [0.05, 0.1) is 5.57 Å². The van der Waals surface area contributed by atoms with Crippen LogP contribution < -0.4 is 9.64 Å². The van der Waals surface area contributed by atoms with Crippen molar-refractivity contribution in [2.24, 2.45) is 0 Å². The summed E-state index contributed by atoms with van der Waals surface area (Å²) in [6.45, 7) is 3.20. The smallest absolute Gasteiger partial charge is 0.253 e. The Labute approximate surface area is 162 Å². The minimum atomic E-state index is 0.0290. The molecule has 0 atom stereocenters. The molecule has 0 unspecified atom stereocenters. The Hall–Kier alpha value is -2.17. The summed E-state index contributed by atoms with van der Waals surface area (Å²) in [4.78, 5) is 17.0. The van der Waals surface area contributed by atoms with Crippen molar-refractivity contribution in [3.63, 3.8) is 0 Å². The molecule has 2 heterocycles. The standard InChI is InChI=1S/C20H18Cl2N2O2/c21-16-2-1-3-18(12-16)23-6-8-24(9-7-23)20(25)15-10-14-11-17(22)4-5-19(14)26-13-15/h1-5,10-12H,6-9,13H2. The van der Waals surface area contributed by atoms with E-state index in [0.29, 0.717) is 30.3 Å². The first-order chi connectivity index (χ1) is 12.6. The number of anilines is 1. The van der Waals surface area contributed by atoms with E-state index in [9.17, 15) is 4.79 Å². The lowest BCUT2D eigenvalue weighted by molar-refractivity contribution is -0.127. The van der Waals surface area contributed by atoms with E-state index in [4.69, 9.17) is 27.9 Å². The van der Waals surface area contributed by atoms with Crippen molar-refractivity contribution in [1.29, 1.82) is 0 Å². The average Bonchev–Trinajstić information content (AvgIpc) is 2.67. The zero-order chi connectivity index (χ0) is 18.1. The molecule has 2 aliphatic rings. The fourth-order valence-electron chi connectivity index (χ4n) is 3.32. The molecule has 4 nitrogen and oxygen atoms in total. The summed E-state index contributed by atoms with van der Waals surface area (Å²) in [6, 6.07) is 13.3. The number of amides is 1. The molecule has 0 N–H and O–H groups in total. The quantitative estimate of drug-likeness (QED) is 0.775. The van der Waals surface area contributed by atoms with Gasteiger partial charge in [-0.15, -0.1) is 0 Å². The number of fused-ring (bicyclic) bond motifs is 1. The maximum Gasteiger partial charge on any atom is 0.253 e. The molecule has 0 aromatic heterocycles. The first kappa shape index (κ1) is 17.3. The number of benzene rings is 2. The lowest BCUT2D eigenvalue weighted by Gasteiger charge is -2.36. The molecule has 1 saturated heterocycles. The lowest BCUT2D eigenvalue weighted by atomic mass is 10.1. The number of halogens is 2. The van der Waals surface area contributed by atoms with Crippen LogP contribution in [0.1, 0.15) is 5.56 Å². The highest BCUT2D eigenvalue weighted by Crippen LogP contribution is 2.30. The van der Waals surface area contributed by atoms with Crippen LogP contribution in [0.15, 0.2) is 48.0 Å². The second kappa shape index (κ2) is 7.22. The van der Waals surface area contributed by atoms with E-state index in [1.165, 1.54) is 0 Å². The summed E-state index contributed by atoms with van der Waals surface area (Å²) in [5, 5.41) is 1.36. The van der Waals surface area contributed by atoms with Gasteiger partial charge in [0, 0.05) is 47.5 Å². The number of carbonyl (C=O) groups is 1. The third-order valence-corrected chi connectivity index (χ3v) is 5.17. The Morgan fingerprint density at radius 2 is 1.73 bits per heavy atom. The Bertz CT molecular complexity index is 874. The highest BCUT2D eigenvalue weighted by molar-refractivity contribution is 6.31. The molecule has 0 radical (unpaired) electrons. The van der Waals surface area contributed by atoms with Crippen molar-refractivity contribution < 1.29 is 9.53 Å². The number of ether oxygens (including phenoxy) is 1. The van der Waals surface area contributed by atoms with E-state index in [1.807, 2.05) is 47.4 Å². The van der Waals surface area contributed by atoms with Gasteiger partial charge in [-0.2, -0.15) is 0 Å². The van der Waals surface area contributed by atoms with Crippen LogP contribution in [0.2, 0.25) is 10.0 Å². The second-order valence-corrected chi connectivity index (χ2v) is 7.27. The van der Waals surface area contributed by atoms with Gasteiger partial charge in [0.1, 0.15) is 12.4 Å². The van der Waals surface area contributed by atoms with Crippen LogP contribution in [-0.2, 0) is 4.79 Å². The van der Waals surface area contributed by atoms with E-state index in [1.54, 1.807) is 6.07 Å². The van der Waals surface area contributed by atoms with E-state index >= 15 is 0 Å². The molecular weight excluding hydrogens is 371 g/mol. The fourth-order valence-corrected chi connectivity index (χ4v) is 3.68. The number of rotatable bonds is 2. The highest BCUT2D eigenvalue weighted by atomic mass is 35.5. The summed E-state index contributed by atoms with van der Waals surface area (Å²) in [5.41, 5.74) is 2.61. The third kappa shape index (κ3) is 3.53. The van der Waals surface area contributed by atoms with Gasteiger partial charge in [-0.05, 0) is 42.5 Å². The SMILES string of the molecule is O=C(C1=Cc2cc(Cl)ccc2OC1)N1CCN(c2cccc(Cl)c2)CC1. The van der Waals surface area contributed by atoms with Crippen molar-refractivity contribution in [2.75, 3.05) is 37.7 Å². The number of hydrogen-bond donors (Lipinski definition) is 0. The predicted molar refractivity (Wildman–Crippen MR) is 105 cm³/mol. The van der Waals surface area contributed by atoms with Crippen molar-refractivity contribution in [1.82, 2.24) is 4.90 Å². The van der Waals surface area contributed by atoms with Crippen LogP contribution in [0.25, 0.3) is 6.08 Å². The van der Waals surface area contributed by atoms with Crippen LogP contribution in [0, 0.1) is 0 Å². The number of piperazine rings is 1. The molecule has 1 amide bonds. The van der Waals surface area contributed by atoms with Crippen molar-refractivity contribution in [3.8, 4) is 5.75 Å². The van der Waals surface area contributed by atoms with Crippen LogP contribution >= 0.6 is 23.2 Å². The summed E-state index contributed by atoms with van der Waals surface area (Å²) < 4.78 is 5.71. The predicted octanol–water partition coefficient (Wildman–Crippen LogP) is 4.12. The topological polar surface area (TPSA) is 32.8 Å². The zero-order valence-corrected chi connectivity index (χ0v) is 15.6. The van der Waals surface area contributed by atoms with Crippen LogP contribution in [0.4, 0.5) is 5.69 Å². The minimum absolute atomic E-state index is 0.0290. The molecule has 4 rings (SSSR count). The van der Waals surface area contributed by atoms with Gasteiger partial charge in [0.25, 0.3) is 5.91 Å². The Morgan fingerprint density at radius 3 is 2.50 bits per heavy atom. The Kier molecular flexibility index (Phi) is 4.79. The summed E-state index contributed by atoms with van der Waals surface area (Å²) in [7, 11) is 0. The first-order valence-electron chi connectivity index (χ1n) is 8.53. The van der Waals surface area contributed by atoms with E-state index in [2.05, 4.69) is 4.90 Å². The van der Waals surface area contributed by atoms with Gasteiger partial charge in [0.15, 0.2) is 0 Å². The Morgan fingerprint density at radius 1 is 0.962 bits per heavy atom. The molecule has 2 aromatic carbocycles. The average molecular weight is 389 g/mol. The number of hydrogen-bond acceptors (Lipinski definition) is 3. The normalized spacial score (nSPS) is 16.6. The van der Waals surface area contributed by atoms with Gasteiger partial charge in [-0.3, -0.25) is 4.79 Å². The van der Waals surface area contributed by atoms with Gasteiger partial charge in [-0.1, -0.05) is 29.3 Å². The molecule has 2 aromatic rings. The molecule has 0 spiro atoms. The molecule has 0 bridgehead atoms. The summed E-state index contributed by atoms with van der Waals surface area (Å²) in [6.07, 6.45) is 1.89. The minimum Gasteiger partial charge on any atom is -0.488 e. The molecule has 2 aliphatic heterocycles. The monoisotopic (exact) mass is 388 g/mol. The third-order valence-electron chi connectivity index (χ3n) is 4.70. The van der Waals surface area contributed by atoms with Crippen molar-refractivity contribution in [2.45, 2.75) is 0 Å². The zero-order valence-electron chi connectivity index (χ0n) is 14.1. The molecule has 6 heteroatoms. The van der Waals surface area contributed by atoms with Gasteiger partial charge < -0.3 is 14.5 Å². The second-order valence-electron chi connectivity index (χ2n) is 6.40. The number of nitrogens with zero attached hydrogens (tertiary/aromatic N) is 2. The summed E-state index contributed by atoms with van der Waals surface area (Å²) >= 11 is 12.1. The van der Waals surface area contributed by atoms with Crippen LogP contribution in [0.5, 0.6) is 5.75 Å². The van der Waals surface area contributed by atoms with Crippen LogP contribution in [-0.4, -0.2) is 43.6 Å². The van der Waals surface area contributed by atoms with Gasteiger partial charge in [0.2, 0.25) is 0 Å². The van der Waals surface area contributed by atoms with E-state index in [0.717, 1.165) is 35.1 Å². The highest BCUT2D eigenvalue weighted by Gasteiger charge is 2.26. The molecule has 134 valence electrons. The Balaban J connectivity index is 1.44. The largest absolute Gasteiger partial charge is 0.488 e. The van der Waals surface area contributed by atoms with Gasteiger partial charge in [-0.25, -0.2) is 0 Å². The van der Waals surface area contributed by atoms with E-state index < -0.39 is 0 Å². The first-order valence-corrected chi connectivity index (χ1v) is 9.28. The molecule has 0 saturated carbocycles. The van der Waals surface area contributed by atoms with Crippen LogP contribution in [0.3, 0.4) is 0 Å². The van der Waals surface area contributed by atoms with E-state index in [-0.39, 0.29) is 5.91 Å². The van der Waals surface area contributed by atoms with Crippen molar-refractivity contribution in [3.05, 3.63) is 63.6 Å².